The topological polar surface area (TPSA) is 88.9 Å². The molecule has 0 saturated carbocycles. The van der Waals surface area contributed by atoms with Gasteiger partial charge in [0.1, 0.15) is 5.70 Å². The van der Waals surface area contributed by atoms with Crippen LogP contribution in [0.15, 0.2) is 73.2 Å². The highest BCUT2D eigenvalue weighted by Gasteiger charge is 2.14. The van der Waals surface area contributed by atoms with E-state index in [0.29, 0.717) is 12.1 Å². The molecule has 2 heterocycles. The number of aryl methyl sites for hydroxylation is 2. The molecule has 0 aliphatic heterocycles. The number of nitrogens with zero attached hydrogens (tertiary/aromatic N) is 3. The van der Waals surface area contributed by atoms with Gasteiger partial charge >= 0.3 is 0 Å². The molecule has 0 aliphatic carbocycles. The lowest BCUT2D eigenvalue weighted by Crippen LogP contribution is -2.35. The van der Waals surface area contributed by atoms with Gasteiger partial charge in [-0.3, -0.25) is 14.6 Å². The molecule has 7 heteroatoms. The minimum atomic E-state index is -0.347. The highest BCUT2D eigenvalue weighted by molar-refractivity contribution is 6.05. The third-order valence-electron chi connectivity index (χ3n) is 4.24. The van der Waals surface area contributed by atoms with Crippen LogP contribution in [0.4, 0.5) is 0 Å². The zero-order valence-electron chi connectivity index (χ0n) is 16.2. The molecule has 0 radical (unpaired) electrons. The number of carbonyl (C=O) groups is 2. The van der Waals surface area contributed by atoms with Crippen LogP contribution in [-0.4, -0.2) is 32.9 Å². The predicted octanol–water partition coefficient (Wildman–Crippen LogP) is 2.56. The van der Waals surface area contributed by atoms with Crippen LogP contribution in [0.1, 0.15) is 27.9 Å². The van der Waals surface area contributed by atoms with E-state index < -0.39 is 0 Å². The maximum absolute atomic E-state index is 12.7. The van der Waals surface area contributed by atoms with Gasteiger partial charge in [-0.2, -0.15) is 0 Å². The lowest BCUT2D eigenvalue weighted by molar-refractivity contribution is -0.117. The summed E-state index contributed by atoms with van der Waals surface area (Å²) in [5.74, 6) is -0.686. The second-order valence-electron chi connectivity index (χ2n) is 6.57. The highest BCUT2D eigenvalue weighted by Crippen LogP contribution is 2.07. The number of pyridine rings is 1. The molecule has 148 valence electrons. The Kier molecular flexibility index (Phi) is 6.89. The Morgan fingerprint density at radius 1 is 1.10 bits per heavy atom. The standard InChI is InChI=1S/C22H23N5O2/c1-17-5-7-19(8-6-17)21(28)26-20(14-18-4-2-9-23-15-18)22(29)25-10-3-12-27-13-11-24-16-27/h2,4-9,11,13-16H,3,10,12H2,1H3,(H,25,29)(H,26,28)/b20-14+. The Morgan fingerprint density at radius 3 is 2.62 bits per heavy atom. The Labute approximate surface area is 169 Å². The molecule has 7 nitrogen and oxygen atoms in total. The van der Waals surface area contributed by atoms with Gasteiger partial charge in [-0.25, -0.2) is 4.98 Å². The van der Waals surface area contributed by atoms with Gasteiger partial charge in [0.25, 0.3) is 11.8 Å². The van der Waals surface area contributed by atoms with E-state index in [9.17, 15) is 9.59 Å². The normalized spacial score (nSPS) is 11.1. The molecular formula is C22H23N5O2. The SMILES string of the molecule is Cc1ccc(C(=O)N/C(=C/c2cccnc2)C(=O)NCCCn2ccnc2)cc1. The quantitative estimate of drug-likeness (QED) is 0.458. The zero-order valence-corrected chi connectivity index (χ0v) is 16.2. The van der Waals surface area contributed by atoms with Gasteiger partial charge in [-0.05, 0) is 43.2 Å². The summed E-state index contributed by atoms with van der Waals surface area (Å²) in [6.45, 7) is 3.17. The maximum atomic E-state index is 12.7. The molecule has 0 aliphatic rings. The first-order valence-electron chi connectivity index (χ1n) is 9.35. The van der Waals surface area contributed by atoms with Crippen LogP contribution in [0.2, 0.25) is 0 Å². The summed E-state index contributed by atoms with van der Waals surface area (Å²) in [7, 11) is 0. The molecular weight excluding hydrogens is 366 g/mol. The number of amides is 2. The molecule has 2 N–H and O–H groups in total. The van der Waals surface area contributed by atoms with Crippen molar-refractivity contribution in [1.82, 2.24) is 25.2 Å². The third kappa shape index (κ3) is 6.14. The van der Waals surface area contributed by atoms with E-state index in [1.807, 2.05) is 35.9 Å². The summed E-state index contributed by atoms with van der Waals surface area (Å²) >= 11 is 0. The number of hydrogen-bond donors (Lipinski definition) is 2. The van der Waals surface area contributed by atoms with Crippen molar-refractivity contribution in [3.63, 3.8) is 0 Å². The van der Waals surface area contributed by atoms with E-state index in [1.165, 1.54) is 0 Å². The first-order valence-corrected chi connectivity index (χ1v) is 9.35. The molecule has 0 atom stereocenters. The van der Waals surface area contributed by atoms with Crippen LogP contribution in [0, 0.1) is 6.92 Å². The van der Waals surface area contributed by atoms with Crippen LogP contribution in [0.5, 0.6) is 0 Å². The van der Waals surface area contributed by atoms with Crippen molar-refractivity contribution in [2.75, 3.05) is 6.54 Å². The van der Waals surface area contributed by atoms with Crippen LogP contribution < -0.4 is 10.6 Å². The van der Waals surface area contributed by atoms with Crippen molar-refractivity contribution in [1.29, 1.82) is 0 Å². The van der Waals surface area contributed by atoms with Crippen molar-refractivity contribution >= 4 is 17.9 Å². The van der Waals surface area contributed by atoms with Crippen molar-refractivity contribution in [3.8, 4) is 0 Å². The number of aromatic nitrogens is 3. The van der Waals surface area contributed by atoms with Crippen LogP contribution >= 0.6 is 0 Å². The van der Waals surface area contributed by atoms with Crippen LogP contribution in [-0.2, 0) is 11.3 Å². The fourth-order valence-electron chi connectivity index (χ4n) is 2.66. The van der Waals surface area contributed by atoms with Gasteiger partial charge in [0.2, 0.25) is 0 Å². The lowest BCUT2D eigenvalue weighted by Gasteiger charge is -2.11. The number of carbonyl (C=O) groups excluding carboxylic acids is 2. The average Bonchev–Trinajstić information content (AvgIpc) is 3.25. The van der Waals surface area contributed by atoms with Gasteiger partial charge in [0, 0.05) is 43.4 Å². The first kappa shape index (κ1) is 20.0. The Bertz CT molecular complexity index is 964. The Morgan fingerprint density at radius 2 is 1.93 bits per heavy atom. The van der Waals surface area contributed by atoms with Gasteiger partial charge in [0.15, 0.2) is 0 Å². The van der Waals surface area contributed by atoms with Crippen molar-refractivity contribution < 1.29 is 9.59 Å². The number of hydrogen-bond acceptors (Lipinski definition) is 4. The van der Waals surface area contributed by atoms with Gasteiger partial charge in [-0.15, -0.1) is 0 Å². The molecule has 3 rings (SSSR count). The minimum absolute atomic E-state index is 0.172. The molecule has 29 heavy (non-hydrogen) atoms. The molecule has 0 saturated heterocycles. The molecule has 0 bridgehead atoms. The van der Waals surface area contributed by atoms with E-state index in [0.717, 1.165) is 24.1 Å². The summed E-state index contributed by atoms with van der Waals surface area (Å²) in [5, 5.41) is 5.58. The van der Waals surface area contributed by atoms with Crippen molar-refractivity contribution in [2.45, 2.75) is 19.9 Å². The molecule has 0 fully saturated rings. The van der Waals surface area contributed by atoms with Crippen LogP contribution in [0.25, 0.3) is 6.08 Å². The van der Waals surface area contributed by atoms with Crippen LogP contribution in [0.3, 0.4) is 0 Å². The maximum Gasteiger partial charge on any atom is 0.267 e. The fourth-order valence-corrected chi connectivity index (χ4v) is 2.66. The summed E-state index contributed by atoms with van der Waals surface area (Å²) in [5.41, 5.74) is 2.44. The van der Waals surface area contributed by atoms with Gasteiger partial charge < -0.3 is 15.2 Å². The van der Waals surface area contributed by atoms with Gasteiger partial charge in [0.05, 0.1) is 6.33 Å². The van der Waals surface area contributed by atoms with E-state index >= 15 is 0 Å². The minimum Gasteiger partial charge on any atom is -0.351 e. The molecule has 2 aromatic heterocycles. The monoisotopic (exact) mass is 389 g/mol. The number of nitrogens with one attached hydrogen (secondary N) is 2. The first-order chi connectivity index (χ1) is 14.1. The summed E-state index contributed by atoms with van der Waals surface area (Å²) in [6.07, 6.45) is 11.0. The van der Waals surface area contributed by atoms with E-state index in [4.69, 9.17) is 0 Å². The smallest absolute Gasteiger partial charge is 0.267 e. The fraction of sp³-hybridized carbons (Fsp3) is 0.182. The summed E-state index contributed by atoms with van der Waals surface area (Å²) in [4.78, 5) is 33.3. The number of rotatable bonds is 8. The molecule has 0 unspecified atom stereocenters. The average molecular weight is 389 g/mol. The van der Waals surface area contributed by atoms with E-state index in [-0.39, 0.29) is 17.5 Å². The Balaban J connectivity index is 1.67. The highest BCUT2D eigenvalue weighted by atomic mass is 16.2. The largest absolute Gasteiger partial charge is 0.351 e. The molecule has 0 spiro atoms. The van der Waals surface area contributed by atoms with E-state index in [1.54, 1.807) is 49.2 Å². The second kappa shape index (κ2) is 9.98. The molecule has 2 amide bonds. The number of benzene rings is 1. The van der Waals surface area contributed by atoms with Crippen molar-refractivity contribution in [2.24, 2.45) is 0 Å². The third-order valence-corrected chi connectivity index (χ3v) is 4.24. The Hall–Kier alpha value is -3.74. The molecule has 3 aromatic rings. The van der Waals surface area contributed by atoms with Gasteiger partial charge in [-0.1, -0.05) is 23.8 Å². The summed E-state index contributed by atoms with van der Waals surface area (Å²) < 4.78 is 1.94. The summed E-state index contributed by atoms with van der Waals surface area (Å²) in [6, 6.07) is 10.8. The number of imidazole rings is 1. The predicted molar refractivity (Wildman–Crippen MR) is 111 cm³/mol. The van der Waals surface area contributed by atoms with E-state index in [2.05, 4.69) is 20.6 Å². The molecule has 1 aromatic carbocycles. The zero-order chi connectivity index (χ0) is 20.5. The second-order valence-corrected chi connectivity index (χ2v) is 6.57. The van der Waals surface area contributed by atoms with Crippen molar-refractivity contribution in [3.05, 3.63) is 89.9 Å². The lowest BCUT2D eigenvalue weighted by atomic mass is 10.1.